The van der Waals surface area contributed by atoms with Gasteiger partial charge >= 0.3 is 0 Å². The van der Waals surface area contributed by atoms with E-state index in [4.69, 9.17) is 4.52 Å². The van der Waals surface area contributed by atoms with Crippen LogP contribution in [0.15, 0.2) is 40.0 Å². The number of carbonyl (C=O) groups is 2. The summed E-state index contributed by atoms with van der Waals surface area (Å²) in [5, 5.41) is 7.14. The highest BCUT2D eigenvalue weighted by Crippen LogP contribution is 2.26. The van der Waals surface area contributed by atoms with Gasteiger partial charge in [-0.1, -0.05) is 42.9 Å². The zero-order chi connectivity index (χ0) is 22.0. The van der Waals surface area contributed by atoms with E-state index in [2.05, 4.69) is 29.3 Å². The number of fused-ring (bicyclic) bond motifs is 1. The summed E-state index contributed by atoms with van der Waals surface area (Å²) in [5.41, 5.74) is 1.70. The zero-order valence-electron chi connectivity index (χ0n) is 18.0. The average Bonchev–Trinajstić information content (AvgIpc) is 3.29. The molecular formula is C22H27N5O3S. The van der Waals surface area contributed by atoms with Gasteiger partial charge in [-0.15, -0.1) is 0 Å². The number of rotatable bonds is 6. The fourth-order valence-corrected chi connectivity index (χ4v) is 4.97. The lowest BCUT2D eigenvalue weighted by Gasteiger charge is -2.35. The number of anilines is 1. The van der Waals surface area contributed by atoms with Gasteiger partial charge in [-0.2, -0.15) is 0 Å². The maximum atomic E-state index is 13.1. The van der Waals surface area contributed by atoms with Crippen LogP contribution in [0, 0.1) is 18.8 Å². The van der Waals surface area contributed by atoms with Crippen LogP contribution in [0.2, 0.25) is 0 Å². The van der Waals surface area contributed by atoms with Crippen LogP contribution in [0.1, 0.15) is 26.0 Å². The van der Waals surface area contributed by atoms with Crippen LogP contribution in [-0.4, -0.2) is 50.3 Å². The number of hydrogen-bond acceptors (Lipinski definition) is 6. The normalized spacial score (nSPS) is 19.0. The largest absolute Gasteiger partial charge is 0.360 e. The summed E-state index contributed by atoms with van der Waals surface area (Å²) >= 11 is 1.31. The third kappa shape index (κ3) is 5.10. The Labute approximate surface area is 185 Å². The first-order valence-corrected chi connectivity index (χ1v) is 11.5. The topological polar surface area (TPSA) is 93.3 Å². The molecule has 31 heavy (non-hydrogen) atoms. The molecule has 1 aromatic carbocycles. The number of piperidine rings is 1. The Hall–Kier alpha value is -2.81. The number of aromatic nitrogens is 3. The van der Waals surface area contributed by atoms with Crippen LogP contribution >= 0.6 is 11.8 Å². The molecule has 9 heteroatoms. The Morgan fingerprint density at radius 2 is 1.97 bits per heavy atom. The predicted octanol–water partition coefficient (Wildman–Crippen LogP) is 3.57. The van der Waals surface area contributed by atoms with Gasteiger partial charge in [-0.05, 0) is 37.3 Å². The zero-order valence-corrected chi connectivity index (χ0v) is 18.8. The Morgan fingerprint density at radius 3 is 2.68 bits per heavy atom. The second-order valence-electron chi connectivity index (χ2n) is 8.37. The molecule has 4 rings (SSSR count). The summed E-state index contributed by atoms with van der Waals surface area (Å²) in [4.78, 5) is 32.1. The summed E-state index contributed by atoms with van der Waals surface area (Å²) in [6, 6.07) is 9.40. The number of amides is 2. The molecule has 1 aliphatic rings. The van der Waals surface area contributed by atoms with Gasteiger partial charge in [-0.3, -0.25) is 9.59 Å². The monoisotopic (exact) mass is 441 g/mol. The number of para-hydroxylation sites is 2. The first-order valence-electron chi connectivity index (χ1n) is 10.5. The molecule has 0 bridgehead atoms. The number of nitrogens with one attached hydrogen (secondary N) is 1. The molecule has 0 saturated carbocycles. The lowest BCUT2D eigenvalue weighted by molar-refractivity contribution is -0.134. The lowest BCUT2D eigenvalue weighted by atomic mass is 9.92. The van der Waals surface area contributed by atoms with Gasteiger partial charge < -0.3 is 19.3 Å². The number of hydrogen-bond donors (Lipinski definition) is 1. The second kappa shape index (κ2) is 9.13. The Kier molecular flexibility index (Phi) is 6.31. The number of nitrogens with zero attached hydrogens (tertiary/aromatic N) is 4. The first-order chi connectivity index (χ1) is 14.9. The Balaban J connectivity index is 1.49. The van der Waals surface area contributed by atoms with E-state index in [1.807, 2.05) is 33.7 Å². The third-order valence-electron chi connectivity index (χ3n) is 5.36. The van der Waals surface area contributed by atoms with E-state index in [9.17, 15) is 9.59 Å². The Bertz CT molecular complexity index is 1080. The highest BCUT2D eigenvalue weighted by molar-refractivity contribution is 7.99. The van der Waals surface area contributed by atoms with Crippen LogP contribution in [0.4, 0.5) is 5.82 Å². The van der Waals surface area contributed by atoms with Crippen molar-refractivity contribution in [2.45, 2.75) is 38.9 Å². The molecule has 0 unspecified atom stereocenters. The van der Waals surface area contributed by atoms with Crippen LogP contribution < -0.4 is 5.32 Å². The van der Waals surface area contributed by atoms with E-state index in [1.165, 1.54) is 11.8 Å². The molecule has 2 amide bonds. The molecule has 3 heterocycles. The molecule has 1 aliphatic heterocycles. The van der Waals surface area contributed by atoms with Crippen LogP contribution in [-0.2, 0) is 16.1 Å². The molecule has 2 aromatic heterocycles. The number of imidazole rings is 1. The maximum absolute atomic E-state index is 13.1. The first kappa shape index (κ1) is 21.4. The van der Waals surface area contributed by atoms with Crippen molar-refractivity contribution in [3.05, 3.63) is 36.1 Å². The van der Waals surface area contributed by atoms with E-state index >= 15 is 0 Å². The highest BCUT2D eigenvalue weighted by Gasteiger charge is 2.26. The molecule has 0 radical (unpaired) electrons. The number of thioether (sulfide) groups is 1. The van der Waals surface area contributed by atoms with Gasteiger partial charge in [-0.25, -0.2) is 4.98 Å². The quantitative estimate of drug-likeness (QED) is 0.588. The van der Waals surface area contributed by atoms with Gasteiger partial charge in [0.25, 0.3) is 0 Å². The minimum Gasteiger partial charge on any atom is -0.360 e. The summed E-state index contributed by atoms with van der Waals surface area (Å²) in [6.45, 7) is 7.94. The van der Waals surface area contributed by atoms with Crippen molar-refractivity contribution >= 4 is 40.4 Å². The van der Waals surface area contributed by atoms with Crippen molar-refractivity contribution in [3.63, 3.8) is 0 Å². The van der Waals surface area contributed by atoms with Crippen molar-refractivity contribution in [3.8, 4) is 0 Å². The SMILES string of the molecule is Cc1cc(NC(=O)CSc2nc3ccccc3n2CC(=O)N2C[C@H](C)C[C@H](C)C2)no1. The molecule has 2 atom stereocenters. The fraction of sp³-hybridized carbons (Fsp3) is 0.455. The Morgan fingerprint density at radius 1 is 1.23 bits per heavy atom. The molecule has 164 valence electrons. The molecule has 8 nitrogen and oxygen atoms in total. The van der Waals surface area contributed by atoms with Crippen molar-refractivity contribution in [1.82, 2.24) is 19.6 Å². The standard InChI is InChI=1S/C22H27N5O3S/c1-14-8-15(2)11-26(10-14)21(29)12-27-18-7-5-4-6-17(18)23-22(27)31-13-20(28)24-19-9-16(3)30-25-19/h4-7,9,14-15H,8,10-13H2,1-3H3,(H,24,25,28)/t14-,15+. The smallest absolute Gasteiger partial charge is 0.242 e. The number of benzene rings is 1. The summed E-state index contributed by atoms with van der Waals surface area (Å²) in [5.74, 6) is 2.06. The average molecular weight is 442 g/mol. The van der Waals surface area contributed by atoms with E-state index in [0.29, 0.717) is 28.6 Å². The molecule has 3 aromatic rings. The fourth-order valence-electron chi connectivity index (χ4n) is 4.15. The van der Waals surface area contributed by atoms with Crippen LogP contribution in [0.25, 0.3) is 11.0 Å². The third-order valence-corrected chi connectivity index (χ3v) is 6.34. The highest BCUT2D eigenvalue weighted by atomic mass is 32.2. The van der Waals surface area contributed by atoms with Crippen molar-refractivity contribution in [2.75, 3.05) is 24.2 Å². The summed E-state index contributed by atoms with van der Waals surface area (Å²) < 4.78 is 6.89. The molecule has 1 N–H and O–H groups in total. The number of carbonyl (C=O) groups excluding carboxylic acids is 2. The van der Waals surface area contributed by atoms with Gasteiger partial charge in [0.1, 0.15) is 12.3 Å². The van der Waals surface area contributed by atoms with Crippen LogP contribution in [0.5, 0.6) is 0 Å². The van der Waals surface area contributed by atoms with Crippen molar-refractivity contribution in [1.29, 1.82) is 0 Å². The van der Waals surface area contributed by atoms with Crippen molar-refractivity contribution in [2.24, 2.45) is 11.8 Å². The minimum absolute atomic E-state index is 0.0888. The van der Waals surface area contributed by atoms with Gasteiger partial charge in [0.2, 0.25) is 11.8 Å². The maximum Gasteiger partial charge on any atom is 0.242 e. The van der Waals surface area contributed by atoms with Crippen LogP contribution in [0.3, 0.4) is 0 Å². The summed E-state index contributed by atoms with van der Waals surface area (Å²) in [7, 11) is 0. The molecule has 1 saturated heterocycles. The molecule has 0 spiro atoms. The van der Waals surface area contributed by atoms with E-state index < -0.39 is 0 Å². The van der Waals surface area contributed by atoms with E-state index in [-0.39, 0.29) is 24.1 Å². The van der Waals surface area contributed by atoms with Gasteiger partial charge in [0, 0.05) is 19.2 Å². The van der Waals surface area contributed by atoms with Crippen molar-refractivity contribution < 1.29 is 14.1 Å². The second-order valence-corrected chi connectivity index (χ2v) is 9.32. The number of aryl methyl sites for hydroxylation is 1. The minimum atomic E-state index is -0.207. The molecule has 1 fully saturated rings. The van der Waals surface area contributed by atoms with E-state index in [0.717, 1.165) is 30.5 Å². The lowest BCUT2D eigenvalue weighted by Crippen LogP contribution is -2.44. The predicted molar refractivity (Wildman–Crippen MR) is 120 cm³/mol. The van der Waals surface area contributed by atoms with Gasteiger partial charge in [0.05, 0.1) is 16.8 Å². The number of likely N-dealkylation sites (tertiary alicyclic amines) is 1. The van der Waals surface area contributed by atoms with E-state index in [1.54, 1.807) is 13.0 Å². The van der Waals surface area contributed by atoms with Gasteiger partial charge in [0.15, 0.2) is 11.0 Å². The summed E-state index contributed by atoms with van der Waals surface area (Å²) in [6.07, 6.45) is 1.15. The molecule has 0 aliphatic carbocycles. The molecular weight excluding hydrogens is 414 g/mol.